The zero-order valence-corrected chi connectivity index (χ0v) is 16.2. The van der Waals surface area contributed by atoms with Crippen molar-refractivity contribution in [3.63, 3.8) is 0 Å². The molecular weight excluding hydrogens is 380 g/mol. The Hall–Kier alpha value is -2.84. The number of hydrogen-bond acceptors (Lipinski definition) is 6. The van der Waals surface area contributed by atoms with Crippen LogP contribution in [0.3, 0.4) is 0 Å². The van der Waals surface area contributed by atoms with Crippen LogP contribution in [-0.4, -0.2) is 26.8 Å². The SMILES string of the molecule is Cc1onc(-c2ccccc2)c1CNS(=O)(=O)c1ccc2c(c1)OCCCO2. The van der Waals surface area contributed by atoms with Gasteiger partial charge in [-0.25, -0.2) is 13.1 Å². The van der Waals surface area contributed by atoms with Crippen LogP contribution in [0.25, 0.3) is 11.3 Å². The number of benzene rings is 2. The molecule has 0 saturated carbocycles. The smallest absolute Gasteiger partial charge is 0.241 e. The molecule has 2 heterocycles. The zero-order chi connectivity index (χ0) is 19.6. The van der Waals surface area contributed by atoms with Crippen molar-refractivity contribution in [3.05, 3.63) is 59.9 Å². The molecule has 4 rings (SSSR count). The summed E-state index contributed by atoms with van der Waals surface area (Å²) in [5.74, 6) is 1.56. The molecule has 3 aromatic rings. The highest BCUT2D eigenvalue weighted by Crippen LogP contribution is 2.32. The van der Waals surface area contributed by atoms with Gasteiger partial charge < -0.3 is 14.0 Å². The molecular formula is C20H20N2O5S. The van der Waals surface area contributed by atoms with E-state index in [0.717, 1.165) is 12.0 Å². The Bertz CT molecular complexity index is 1080. The summed E-state index contributed by atoms with van der Waals surface area (Å²) >= 11 is 0. The van der Waals surface area contributed by atoms with E-state index in [4.69, 9.17) is 14.0 Å². The first-order valence-corrected chi connectivity index (χ1v) is 10.4. The first-order chi connectivity index (χ1) is 13.5. The maximum Gasteiger partial charge on any atom is 0.241 e. The van der Waals surface area contributed by atoms with Gasteiger partial charge in [0.2, 0.25) is 10.0 Å². The van der Waals surface area contributed by atoms with Crippen molar-refractivity contribution in [2.24, 2.45) is 0 Å². The van der Waals surface area contributed by atoms with Crippen LogP contribution in [0, 0.1) is 6.92 Å². The maximum absolute atomic E-state index is 12.8. The van der Waals surface area contributed by atoms with Gasteiger partial charge in [0.15, 0.2) is 11.5 Å². The first-order valence-electron chi connectivity index (χ1n) is 8.94. The van der Waals surface area contributed by atoms with Crippen molar-refractivity contribution in [2.45, 2.75) is 24.8 Å². The average Bonchev–Trinajstić information content (AvgIpc) is 2.92. The lowest BCUT2D eigenvalue weighted by Crippen LogP contribution is -2.23. The Morgan fingerprint density at radius 2 is 1.79 bits per heavy atom. The molecule has 146 valence electrons. The molecule has 0 bridgehead atoms. The fourth-order valence-corrected chi connectivity index (χ4v) is 3.99. The lowest BCUT2D eigenvalue weighted by Gasteiger charge is -2.11. The molecule has 0 spiro atoms. The number of sulfonamides is 1. The number of nitrogens with one attached hydrogen (secondary N) is 1. The Morgan fingerprint density at radius 1 is 1.04 bits per heavy atom. The van der Waals surface area contributed by atoms with Gasteiger partial charge in [0.25, 0.3) is 0 Å². The van der Waals surface area contributed by atoms with E-state index in [9.17, 15) is 8.42 Å². The van der Waals surface area contributed by atoms with Crippen molar-refractivity contribution in [1.82, 2.24) is 9.88 Å². The molecule has 0 radical (unpaired) electrons. The summed E-state index contributed by atoms with van der Waals surface area (Å²) in [6.07, 6.45) is 0.754. The molecule has 0 aliphatic carbocycles. The third kappa shape index (κ3) is 3.74. The Morgan fingerprint density at radius 3 is 2.57 bits per heavy atom. The summed E-state index contributed by atoms with van der Waals surface area (Å²) in [4.78, 5) is 0.118. The van der Waals surface area contributed by atoms with Crippen LogP contribution in [0.4, 0.5) is 0 Å². The van der Waals surface area contributed by atoms with Crippen molar-refractivity contribution in [2.75, 3.05) is 13.2 Å². The van der Waals surface area contributed by atoms with E-state index in [2.05, 4.69) is 9.88 Å². The number of fused-ring (bicyclic) bond motifs is 1. The second kappa shape index (κ2) is 7.65. The van der Waals surface area contributed by atoms with E-state index in [1.165, 1.54) is 12.1 Å². The lowest BCUT2D eigenvalue weighted by molar-refractivity contribution is 0.297. The molecule has 0 amide bonds. The predicted molar refractivity (Wildman–Crippen MR) is 103 cm³/mol. The topological polar surface area (TPSA) is 90.7 Å². The van der Waals surface area contributed by atoms with Crippen LogP contribution in [0.5, 0.6) is 11.5 Å². The molecule has 0 fully saturated rings. The van der Waals surface area contributed by atoms with E-state index >= 15 is 0 Å². The van der Waals surface area contributed by atoms with Gasteiger partial charge >= 0.3 is 0 Å². The molecule has 8 heteroatoms. The van der Waals surface area contributed by atoms with E-state index in [0.29, 0.717) is 41.7 Å². The minimum Gasteiger partial charge on any atom is -0.490 e. The van der Waals surface area contributed by atoms with Crippen LogP contribution in [0.15, 0.2) is 57.9 Å². The average molecular weight is 400 g/mol. The maximum atomic E-state index is 12.8. The highest BCUT2D eigenvalue weighted by molar-refractivity contribution is 7.89. The Balaban J connectivity index is 1.57. The molecule has 0 atom stereocenters. The second-order valence-electron chi connectivity index (χ2n) is 6.42. The van der Waals surface area contributed by atoms with Crippen molar-refractivity contribution >= 4 is 10.0 Å². The zero-order valence-electron chi connectivity index (χ0n) is 15.3. The third-order valence-corrected chi connectivity index (χ3v) is 5.90. The molecule has 28 heavy (non-hydrogen) atoms. The number of rotatable bonds is 5. The fraction of sp³-hybridized carbons (Fsp3) is 0.250. The van der Waals surface area contributed by atoms with E-state index in [1.807, 2.05) is 30.3 Å². The lowest BCUT2D eigenvalue weighted by atomic mass is 10.1. The minimum atomic E-state index is -3.75. The molecule has 1 aromatic heterocycles. The number of nitrogens with zero attached hydrogens (tertiary/aromatic N) is 1. The van der Waals surface area contributed by atoms with Gasteiger partial charge in [0.1, 0.15) is 11.5 Å². The molecule has 0 unspecified atom stereocenters. The summed E-state index contributed by atoms with van der Waals surface area (Å²) < 4.78 is 44.7. The van der Waals surface area contributed by atoms with Gasteiger partial charge in [-0.05, 0) is 19.1 Å². The Labute approximate surface area is 163 Å². The van der Waals surface area contributed by atoms with E-state index < -0.39 is 10.0 Å². The molecule has 2 aromatic carbocycles. The van der Waals surface area contributed by atoms with Gasteiger partial charge in [-0.2, -0.15) is 0 Å². The van der Waals surface area contributed by atoms with E-state index in [-0.39, 0.29) is 11.4 Å². The summed E-state index contributed by atoms with van der Waals surface area (Å²) in [5, 5.41) is 4.08. The molecule has 1 aliphatic rings. The van der Waals surface area contributed by atoms with Gasteiger partial charge in [-0.3, -0.25) is 0 Å². The van der Waals surface area contributed by atoms with Crippen molar-refractivity contribution < 1.29 is 22.4 Å². The number of aromatic nitrogens is 1. The number of ether oxygens (including phenoxy) is 2. The monoisotopic (exact) mass is 400 g/mol. The summed E-state index contributed by atoms with van der Waals surface area (Å²) in [6, 6.07) is 14.1. The predicted octanol–water partition coefficient (Wildman–Crippen LogP) is 3.29. The molecule has 0 saturated heterocycles. The van der Waals surface area contributed by atoms with Gasteiger partial charge in [-0.1, -0.05) is 35.5 Å². The second-order valence-corrected chi connectivity index (χ2v) is 8.18. The molecule has 1 N–H and O–H groups in total. The summed E-state index contributed by atoms with van der Waals surface area (Å²) in [5.41, 5.74) is 2.19. The highest BCUT2D eigenvalue weighted by atomic mass is 32.2. The summed E-state index contributed by atoms with van der Waals surface area (Å²) in [6.45, 7) is 2.86. The van der Waals surface area contributed by atoms with Gasteiger partial charge in [0, 0.05) is 30.2 Å². The standard InChI is InChI=1S/C20H20N2O5S/c1-14-17(20(22-27-14)15-6-3-2-4-7-15)13-21-28(23,24)16-8-9-18-19(12-16)26-11-5-10-25-18/h2-4,6-9,12,21H,5,10-11,13H2,1H3. The molecule has 1 aliphatic heterocycles. The number of hydrogen-bond donors (Lipinski definition) is 1. The van der Waals surface area contributed by atoms with E-state index in [1.54, 1.807) is 13.0 Å². The van der Waals surface area contributed by atoms with Crippen LogP contribution >= 0.6 is 0 Å². The quantitative estimate of drug-likeness (QED) is 0.707. The van der Waals surface area contributed by atoms with Crippen molar-refractivity contribution in [3.8, 4) is 22.8 Å². The van der Waals surface area contributed by atoms with Crippen LogP contribution in [0.2, 0.25) is 0 Å². The fourth-order valence-electron chi connectivity index (χ4n) is 2.98. The Kier molecular flexibility index (Phi) is 5.06. The third-order valence-electron chi connectivity index (χ3n) is 4.50. The summed E-state index contributed by atoms with van der Waals surface area (Å²) in [7, 11) is -3.75. The largest absolute Gasteiger partial charge is 0.490 e. The van der Waals surface area contributed by atoms with Crippen LogP contribution in [-0.2, 0) is 16.6 Å². The van der Waals surface area contributed by atoms with Crippen molar-refractivity contribution in [1.29, 1.82) is 0 Å². The normalized spacial score (nSPS) is 13.9. The van der Waals surface area contributed by atoms with Gasteiger partial charge in [-0.15, -0.1) is 0 Å². The van der Waals surface area contributed by atoms with Crippen LogP contribution < -0.4 is 14.2 Å². The van der Waals surface area contributed by atoms with Crippen LogP contribution in [0.1, 0.15) is 17.7 Å². The molecule has 7 nitrogen and oxygen atoms in total. The van der Waals surface area contributed by atoms with Gasteiger partial charge in [0.05, 0.1) is 18.1 Å². The minimum absolute atomic E-state index is 0.0658. The first kappa shape index (κ1) is 18.5. The highest BCUT2D eigenvalue weighted by Gasteiger charge is 2.21. The number of aryl methyl sites for hydroxylation is 1.